The number of rotatable bonds is 13. The molecule has 0 amide bonds. The van der Waals surface area contributed by atoms with E-state index in [4.69, 9.17) is 0 Å². The fourth-order valence-corrected chi connectivity index (χ4v) is 2.53. The smallest absolute Gasteiger partial charge is 0.0461 e. The van der Waals surface area contributed by atoms with Crippen molar-refractivity contribution in [1.29, 1.82) is 0 Å². The predicted octanol–water partition coefficient (Wildman–Crippen LogP) is 5.56. The van der Waals surface area contributed by atoms with Crippen molar-refractivity contribution in [1.82, 2.24) is 0 Å². The van der Waals surface area contributed by atoms with Crippen LogP contribution < -0.4 is 0 Å². The molecule has 1 nitrogen and oxygen atoms in total. The second-order valence-corrected chi connectivity index (χ2v) is 6.16. The van der Waals surface area contributed by atoms with Gasteiger partial charge in [0, 0.05) is 6.61 Å². The summed E-state index contributed by atoms with van der Waals surface area (Å²) in [4.78, 5) is 0. The van der Waals surface area contributed by atoms with Crippen LogP contribution in [0.1, 0.15) is 91.4 Å². The minimum Gasteiger partial charge on any atom is -0.396 e. The van der Waals surface area contributed by atoms with E-state index in [9.17, 15) is 5.11 Å². The molecule has 1 N–H and O–H groups in total. The molecule has 0 aliphatic heterocycles. The SMILES string of the molecule is CCCCCCCCCCCCC(CO)C(C)C. The van der Waals surface area contributed by atoms with Gasteiger partial charge in [-0.05, 0) is 18.3 Å². The molecule has 1 heteroatoms. The highest BCUT2D eigenvalue weighted by Gasteiger charge is 2.10. The van der Waals surface area contributed by atoms with E-state index in [-0.39, 0.29) is 0 Å². The van der Waals surface area contributed by atoms with Crippen LogP contribution in [0, 0.1) is 11.8 Å². The van der Waals surface area contributed by atoms with E-state index in [1.807, 2.05) is 0 Å². The monoisotopic (exact) mass is 256 g/mol. The average Bonchev–Trinajstić information content (AvgIpc) is 2.35. The Morgan fingerprint density at radius 3 is 1.56 bits per heavy atom. The zero-order valence-corrected chi connectivity index (χ0v) is 13.1. The standard InChI is InChI=1S/C17H36O/c1-4-5-6-7-8-9-10-11-12-13-14-17(15-18)16(2)3/h16-18H,4-15H2,1-3H3. The lowest BCUT2D eigenvalue weighted by Crippen LogP contribution is -2.13. The molecule has 18 heavy (non-hydrogen) atoms. The predicted molar refractivity (Wildman–Crippen MR) is 81.9 cm³/mol. The quantitative estimate of drug-likeness (QED) is 0.428. The fraction of sp³-hybridized carbons (Fsp3) is 1.00. The highest BCUT2D eigenvalue weighted by atomic mass is 16.3. The van der Waals surface area contributed by atoms with E-state index < -0.39 is 0 Å². The van der Waals surface area contributed by atoms with Crippen LogP contribution >= 0.6 is 0 Å². The zero-order chi connectivity index (χ0) is 13.6. The Balaban J connectivity index is 3.15. The summed E-state index contributed by atoms with van der Waals surface area (Å²) in [7, 11) is 0. The van der Waals surface area contributed by atoms with E-state index in [0.29, 0.717) is 18.4 Å². The zero-order valence-electron chi connectivity index (χ0n) is 13.1. The van der Waals surface area contributed by atoms with Gasteiger partial charge in [-0.3, -0.25) is 0 Å². The molecule has 0 aromatic carbocycles. The molecule has 0 heterocycles. The molecule has 0 saturated carbocycles. The molecule has 0 spiro atoms. The molecule has 0 radical (unpaired) electrons. The molecule has 1 unspecified atom stereocenters. The van der Waals surface area contributed by atoms with Gasteiger partial charge in [-0.1, -0.05) is 85.0 Å². The maximum absolute atomic E-state index is 9.24. The minimum absolute atomic E-state index is 0.370. The van der Waals surface area contributed by atoms with Crippen LogP contribution in [0.3, 0.4) is 0 Å². The summed E-state index contributed by atoms with van der Waals surface area (Å²) in [5.74, 6) is 1.16. The van der Waals surface area contributed by atoms with Gasteiger partial charge in [0.15, 0.2) is 0 Å². The van der Waals surface area contributed by atoms with Crippen molar-refractivity contribution in [2.24, 2.45) is 11.8 Å². The van der Waals surface area contributed by atoms with Gasteiger partial charge in [0.2, 0.25) is 0 Å². The number of aliphatic hydroxyl groups is 1. The Morgan fingerprint density at radius 1 is 0.722 bits per heavy atom. The molecule has 110 valence electrons. The van der Waals surface area contributed by atoms with Crippen molar-refractivity contribution in [3.8, 4) is 0 Å². The molecule has 0 aliphatic rings. The third kappa shape index (κ3) is 11.1. The first-order valence-electron chi connectivity index (χ1n) is 8.33. The molecule has 0 saturated heterocycles. The van der Waals surface area contributed by atoms with Gasteiger partial charge >= 0.3 is 0 Å². The van der Waals surface area contributed by atoms with Gasteiger partial charge in [0.05, 0.1) is 0 Å². The molecule has 0 aliphatic carbocycles. The van der Waals surface area contributed by atoms with Gasteiger partial charge in [-0.2, -0.15) is 0 Å². The van der Waals surface area contributed by atoms with Crippen molar-refractivity contribution in [2.45, 2.75) is 91.4 Å². The Morgan fingerprint density at radius 2 is 1.17 bits per heavy atom. The lowest BCUT2D eigenvalue weighted by molar-refractivity contribution is 0.178. The number of aliphatic hydroxyl groups excluding tert-OH is 1. The van der Waals surface area contributed by atoms with E-state index >= 15 is 0 Å². The highest BCUT2D eigenvalue weighted by molar-refractivity contribution is 4.61. The molecule has 0 aromatic rings. The molecular formula is C17H36O. The molecule has 0 aromatic heterocycles. The topological polar surface area (TPSA) is 20.2 Å². The summed E-state index contributed by atoms with van der Waals surface area (Å²) in [5, 5.41) is 9.24. The average molecular weight is 256 g/mol. The van der Waals surface area contributed by atoms with Crippen LogP contribution in [0.2, 0.25) is 0 Å². The fourth-order valence-electron chi connectivity index (χ4n) is 2.53. The second-order valence-electron chi connectivity index (χ2n) is 6.16. The van der Waals surface area contributed by atoms with Gasteiger partial charge in [-0.15, -0.1) is 0 Å². The Hall–Kier alpha value is -0.0400. The van der Waals surface area contributed by atoms with Gasteiger partial charge < -0.3 is 5.11 Å². The van der Waals surface area contributed by atoms with E-state index in [1.165, 1.54) is 70.6 Å². The van der Waals surface area contributed by atoms with Crippen LogP contribution in [0.25, 0.3) is 0 Å². The summed E-state index contributed by atoms with van der Waals surface area (Å²) in [6.07, 6.45) is 15.2. The third-order valence-corrected chi connectivity index (χ3v) is 4.11. The van der Waals surface area contributed by atoms with Crippen molar-refractivity contribution in [2.75, 3.05) is 6.61 Å². The largest absolute Gasteiger partial charge is 0.396 e. The number of hydrogen-bond donors (Lipinski definition) is 1. The van der Waals surface area contributed by atoms with Crippen molar-refractivity contribution >= 4 is 0 Å². The summed E-state index contributed by atoms with van der Waals surface area (Å²) >= 11 is 0. The first-order valence-corrected chi connectivity index (χ1v) is 8.33. The van der Waals surface area contributed by atoms with Crippen molar-refractivity contribution < 1.29 is 5.11 Å². The maximum atomic E-state index is 9.24. The summed E-state index contributed by atoms with van der Waals surface area (Å²) in [5.41, 5.74) is 0. The molecule has 1 atom stereocenters. The maximum Gasteiger partial charge on any atom is 0.0461 e. The van der Waals surface area contributed by atoms with E-state index in [0.717, 1.165) is 0 Å². The first kappa shape index (κ1) is 18.0. The van der Waals surface area contributed by atoms with E-state index in [1.54, 1.807) is 0 Å². The van der Waals surface area contributed by atoms with Crippen molar-refractivity contribution in [3.05, 3.63) is 0 Å². The lowest BCUT2D eigenvalue weighted by atomic mass is 9.91. The summed E-state index contributed by atoms with van der Waals surface area (Å²) in [6, 6.07) is 0. The Labute approximate surface area is 115 Å². The van der Waals surface area contributed by atoms with Crippen LogP contribution in [0.4, 0.5) is 0 Å². The second kappa shape index (κ2) is 13.4. The molecule has 0 rings (SSSR count). The van der Waals surface area contributed by atoms with Crippen LogP contribution in [0.15, 0.2) is 0 Å². The highest BCUT2D eigenvalue weighted by Crippen LogP contribution is 2.19. The first-order chi connectivity index (χ1) is 8.72. The summed E-state index contributed by atoms with van der Waals surface area (Å²) < 4.78 is 0. The van der Waals surface area contributed by atoms with Gasteiger partial charge in [0.25, 0.3) is 0 Å². The van der Waals surface area contributed by atoms with Gasteiger partial charge in [-0.25, -0.2) is 0 Å². The lowest BCUT2D eigenvalue weighted by Gasteiger charge is -2.17. The van der Waals surface area contributed by atoms with E-state index in [2.05, 4.69) is 20.8 Å². The van der Waals surface area contributed by atoms with Crippen LogP contribution in [-0.4, -0.2) is 11.7 Å². The molecule has 0 bridgehead atoms. The minimum atomic E-state index is 0.370. The van der Waals surface area contributed by atoms with Crippen LogP contribution in [-0.2, 0) is 0 Å². The van der Waals surface area contributed by atoms with Crippen LogP contribution in [0.5, 0.6) is 0 Å². The molecular weight excluding hydrogens is 220 g/mol. The summed E-state index contributed by atoms with van der Waals surface area (Å²) in [6.45, 7) is 7.08. The van der Waals surface area contributed by atoms with Gasteiger partial charge in [0.1, 0.15) is 0 Å². The number of hydrogen-bond acceptors (Lipinski definition) is 1. The normalized spacial score (nSPS) is 13.2. The third-order valence-electron chi connectivity index (χ3n) is 4.11. The molecule has 0 fully saturated rings. The van der Waals surface area contributed by atoms with Crippen molar-refractivity contribution in [3.63, 3.8) is 0 Å². The number of unbranched alkanes of at least 4 members (excludes halogenated alkanes) is 9. The Kier molecular flexibility index (Phi) is 13.4. The Bertz CT molecular complexity index is 154.